The van der Waals surface area contributed by atoms with Crippen LogP contribution in [0.3, 0.4) is 0 Å². The highest BCUT2D eigenvalue weighted by atomic mass is 127. The Bertz CT molecular complexity index is 146. The molecule has 0 fully saturated rings. The van der Waals surface area contributed by atoms with E-state index in [0.717, 1.165) is 17.3 Å². The zero-order chi connectivity index (χ0) is 10.3. The van der Waals surface area contributed by atoms with E-state index in [9.17, 15) is 4.79 Å². The first-order valence-electron chi connectivity index (χ1n) is 4.87. The molecular weight excluding hydrogens is 279 g/mol. The fourth-order valence-corrected chi connectivity index (χ4v) is 1.56. The summed E-state index contributed by atoms with van der Waals surface area (Å²) in [7, 11) is 0. The predicted octanol–water partition coefficient (Wildman–Crippen LogP) is 3.18. The van der Waals surface area contributed by atoms with Crippen molar-refractivity contribution in [1.29, 1.82) is 0 Å². The number of carbonyl (C=O) groups excluding carboxylic acids is 1. The quantitative estimate of drug-likeness (QED) is 0.428. The number of hydrogen-bond donors (Lipinski definition) is 0. The first kappa shape index (κ1) is 13.2. The van der Waals surface area contributed by atoms with E-state index in [0.29, 0.717) is 12.3 Å². The Kier molecular flexibility index (Phi) is 7.71. The van der Waals surface area contributed by atoms with Gasteiger partial charge in [-0.1, -0.05) is 49.8 Å². The maximum Gasteiger partial charge on any atom is 0.306 e. The maximum absolute atomic E-state index is 11.2. The number of rotatable bonds is 6. The summed E-state index contributed by atoms with van der Waals surface area (Å²) in [5.74, 6) is 0.375. The number of carbonyl (C=O) groups is 1. The predicted molar refractivity (Wildman–Crippen MR) is 63.1 cm³/mol. The van der Waals surface area contributed by atoms with Gasteiger partial charge in [-0.2, -0.15) is 0 Å². The summed E-state index contributed by atoms with van der Waals surface area (Å²) >= 11 is 2.19. The van der Waals surface area contributed by atoms with E-state index in [-0.39, 0.29) is 12.1 Å². The number of esters is 1. The largest absolute Gasteiger partial charge is 0.462 e. The van der Waals surface area contributed by atoms with Crippen LogP contribution in [-0.4, -0.2) is 16.5 Å². The third-order valence-corrected chi connectivity index (χ3v) is 2.44. The molecule has 0 aliphatic heterocycles. The van der Waals surface area contributed by atoms with Crippen LogP contribution in [0.1, 0.15) is 40.0 Å². The van der Waals surface area contributed by atoms with Crippen LogP contribution in [0.4, 0.5) is 0 Å². The summed E-state index contributed by atoms with van der Waals surface area (Å²) in [4.78, 5) is 11.2. The van der Waals surface area contributed by atoms with Crippen molar-refractivity contribution in [2.24, 2.45) is 5.92 Å². The third kappa shape index (κ3) is 6.29. The van der Waals surface area contributed by atoms with Gasteiger partial charge >= 0.3 is 5.97 Å². The second-order valence-electron chi connectivity index (χ2n) is 3.50. The number of alkyl halides is 1. The number of halogens is 1. The Morgan fingerprint density at radius 2 is 2.08 bits per heavy atom. The number of ether oxygens (including phenoxy) is 1. The lowest BCUT2D eigenvalue weighted by Crippen LogP contribution is -2.23. The molecule has 1 atom stereocenters. The van der Waals surface area contributed by atoms with Crippen LogP contribution < -0.4 is 0 Å². The molecule has 0 aliphatic rings. The molecule has 0 bridgehead atoms. The second-order valence-corrected chi connectivity index (χ2v) is 4.58. The van der Waals surface area contributed by atoms with Crippen LogP contribution in [0, 0.1) is 5.92 Å². The monoisotopic (exact) mass is 298 g/mol. The fourth-order valence-electron chi connectivity index (χ4n) is 1.12. The molecule has 0 heterocycles. The van der Waals surface area contributed by atoms with Gasteiger partial charge in [0.1, 0.15) is 6.10 Å². The molecular formula is C10H19IO2. The highest BCUT2D eigenvalue weighted by Crippen LogP contribution is 2.13. The lowest BCUT2D eigenvalue weighted by molar-refractivity contribution is -0.151. The molecule has 0 radical (unpaired) electrons. The summed E-state index contributed by atoms with van der Waals surface area (Å²) < 4.78 is 6.19. The van der Waals surface area contributed by atoms with Gasteiger partial charge in [-0.15, -0.1) is 0 Å². The van der Waals surface area contributed by atoms with Crippen molar-refractivity contribution in [1.82, 2.24) is 0 Å². The summed E-state index contributed by atoms with van der Waals surface area (Å²) in [5, 5.41) is 0. The van der Waals surface area contributed by atoms with Crippen molar-refractivity contribution in [2.75, 3.05) is 4.43 Å². The first-order valence-corrected chi connectivity index (χ1v) is 6.39. The van der Waals surface area contributed by atoms with E-state index < -0.39 is 0 Å². The average Bonchev–Trinajstić information content (AvgIpc) is 2.04. The molecule has 0 saturated heterocycles. The second kappa shape index (κ2) is 7.59. The lowest BCUT2D eigenvalue weighted by atomic mass is 10.0. The normalized spacial score (nSPS) is 13.0. The Labute approximate surface area is 94.6 Å². The van der Waals surface area contributed by atoms with Crippen LogP contribution >= 0.6 is 22.6 Å². The van der Waals surface area contributed by atoms with Gasteiger partial charge in [0.25, 0.3) is 0 Å². The van der Waals surface area contributed by atoms with Crippen molar-refractivity contribution in [2.45, 2.75) is 46.1 Å². The zero-order valence-corrected chi connectivity index (χ0v) is 10.8. The molecule has 13 heavy (non-hydrogen) atoms. The van der Waals surface area contributed by atoms with Crippen molar-refractivity contribution in [3.63, 3.8) is 0 Å². The molecule has 0 spiro atoms. The summed E-state index contributed by atoms with van der Waals surface area (Å²) in [5.41, 5.74) is 0. The van der Waals surface area contributed by atoms with Crippen LogP contribution in [0.2, 0.25) is 0 Å². The van der Waals surface area contributed by atoms with Crippen molar-refractivity contribution in [3.8, 4) is 0 Å². The van der Waals surface area contributed by atoms with Gasteiger partial charge in [-0.3, -0.25) is 4.79 Å². The van der Waals surface area contributed by atoms with Gasteiger partial charge in [0.15, 0.2) is 0 Å². The molecule has 78 valence electrons. The molecule has 3 heteroatoms. The summed E-state index contributed by atoms with van der Waals surface area (Å²) in [6.45, 7) is 6.30. The molecule has 0 amide bonds. The summed E-state index contributed by atoms with van der Waals surface area (Å²) in [6, 6.07) is 0. The van der Waals surface area contributed by atoms with Gasteiger partial charge in [0.2, 0.25) is 0 Å². The first-order chi connectivity index (χ1) is 6.11. The van der Waals surface area contributed by atoms with Gasteiger partial charge in [-0.25, -0.2) is 0 Å². The Morgan fingerprint density at radius 3 is 2.46 bits per heavy atom. The molecule has 0 aromatic heterocycles. The molecule has 0 saturated carbocycles. The van der Waals surface area contributed by atoms with Gasteiger partial charge in [-0.05, 0) is 12.3 Å². The van der Waals surface area contributed by atoms with Crippen LogP contribution in [0.5, 0.6) is 0 Å². The van der Waals surface area contributed by atoms with E-state index in [4.69, 9.17) is 4.74 Å². The van der Waals surface area contributed by atoms with E-state index in [1.54, 1.807) is 0 Å². The standard InChI is InChI=1S/C10H19IO2/c1-4-5-9(8(2)3)13-10(12)6-7-11/h8-9H,4-7H2,1-3H3. The molecule has 0 rings (SSSR count). The Morgan fingerprint density at radius 1 is 1.46 bits per heavy atom. The van der Waals surface area contributed by atoms with Crippen molar-refractivity contribution < 1.29 is 9.53 Å². The molecule has 2 nitrogen and oxygen atoms in total. The molecule has 0 aliphatic carbocycles. The minimum atomic E-state index is -0.0541. The van der Waals surface area contributed by atoms with Crippen molar-refractivity contribution >= 4 is 28.6 Å². The maximum atomic E-state index is 11.2. The highest BCUT2D eigenvalue weighted by Gasteiger charge is 2.16. The topological polar surface area (TPSA) is 26.3 Å². The van der Waals surface area contributed by atoms with E-state index >= 15 is 0 Å². The minimum Gasteiger partial charge on any atom is -0.462 e. The molecule has 0 aromatic rings. The lowest BCUT2D eigenvalue weighted by Gasteiger charge is -2.20. The smallest absolute Gasteiger partial charge is 0.306 e. The van der Waals surface area contributed by atoms with E-state index in [1.165, 1.54) is 0 Å². The SMILES string of the molecule is CCCC(OC(=O)CCI)C(C)C. The molecule has 0 aromatic carbocycles. The van der Waals surface area contributed by atoms with Gasteiger partial charge < -0.3 is 4.74 Å². The minimum absolute atomic E-state index is 0.0541. The van der Waals surface area contributed by atoms with Gasteiger partial charge in [0.05, 0.1) is 6.42 Å². The molecule has 1 unspecified atom stereocenters. The highest BCUT2D eigenvalue weighted by molar-refractivity contribution is 14.1. The average molecular weight is 298 g/mol. The molecule has 0 N–H and O–H groups in total. The Hall–Kier alpha value is 0.200. The van der Waals surface area contributed by atoms with E-state index in [1.807, 2.05) is 0 Å². The fraction of sp³-hybridized carbons (Fsp3) is 0.900. The van der Waals surface area contributed by atoms with Crippen LogP contribution in [-0.2, 0) is 9.53 Å². The number of hydrogen-bond acceptors (Lipinski definition) is 2. The van der Waals surface area contributed by atoms with Crippen LogP contribution in [0.25, 0.3) is 0 Å². The van der Waals surface area contributed by atoms with Crippen molar-refractivity contribution in [3.05, 3.63) is 0 Å². The third-order valence-electron chi connectivity index (χ3n) is 1.90. The van der Waals surface area contributed by atoms with E-state index in [2.05, 4.69) is 43.4 Å². The van der Waals surface area contributed by atoms with Gasteiger partial charge in [0, 0.05) is 4.43 Å². The summed E-state index contributed by atoms with van der Waals surface area (Å²) in [6.07, 6.45) is 2.69. The van der Waals surface area contributed by atoms with Crippen LogP contribution in [0.15, 0.2) is 0 Å². The Balaban J connectivity index is 3.86. The zero-order valence-electron chi connectivity index (χ0n) is 8.68.